The van der Waals surface area contributed by atoms with Gasteiger partial charge in [-0.05, 0) is 25.1 Å². The highest BCUT2D eigenvalue weighted by Gasteiger charge is 2.05. The largest absolute Gasteiger partial charge is 0.507 e. The van der Waals surface area contributed by atoms with Gasteiger partial charge in [0.05, 0.1) is 5.56 Å². The first-order valence-electron chi connectivity index (χ1n) is 4.54. The minimum Gasteiger partial charge on any atom is -0.507 e. The Labute approximate surface area is 93.9 Å². The van der Waals surface area contributed by atoms with Crippen LogP contribution >= 0.6 is 11.6 Å². The van der Waals surface area contributed by atoms with Crippen molar-refractivity contribution in [1.82, 2.24) is 0 Å². The summed E-state index contributed by atoms with van der Waals surface area (Å²) < 4.78 is 0. The van der Waals surface area contributed by atoms with E-state index in [1.807, 2.05) is 0 Å². The van der Waals surface area contributed by atoms with E-state index < -0.39 is 0 Å². The Balaban J connectivity index is 2.93. The first-order chi connectivity index (χ1) is 7.15. The van der Waals surface area contributed by atoms with Crippen molar-refractivity contribution in [2.75, 3.05) is 5.88 Å². The first-order valence-corrected chi connectivity index (χ1v) is 5.07. The van der Waals surface area contributed by atoms with E-state index in [4.69, 9.17) is 11.6 Å². The number of carbonyl (C=O) groups excluding carboxylic acids is 1. The number of hydrogen-bond acceptors (Lipinski definition) is 2. The zero-order chi connectivity index (χ0) is 11.3. The number of Topliss-reactive ketones (excluding diaryl/α,β-unsaturated/α-hetero) is 1. The van der Waals surface area contributed by atoms with E-state index in [1.54, 1.807) is 12.1 Å². The molecule has 0 heterocycles. The van der Waals surface area contributed by atoms with E-state index >= 15 is 0 Å². The predicted octanol–water partition coefficient (Wildman–Crippen LogP) is 2.58. The maximum atomic E-state index is 11.0. The molecule has 0 saturated carbocycles. The van der Waals surface area contributed by atoms with Crippen LogP contribution in [0.5, 0.6) is 5.75 Å². The van der Waals surface area contributed by atoms with Crippen LogP contribution in [0.1, 0.15) is 29.3 Å². The lowest BCUT2D eigenvalue weighted by Gasteiger charge is -1.99. The van der Waals surface area contributed by atoms with Gasteiger partial charge in [0.2, 0.25) is 0 Å². The van der Waals surface area contributed by atoms with Crippen LogP contribution in [0.25, 0.3) is 0 Å². The molecule has 2 nitrogen and oxygen atoms in total. The Bertz CT molecular complexity index is 427. The Morgan fingerprint density at radius 3 is 2.80 bits per heavy atom. The normalized spacial score (nSPS) is 9.20. The fourth-order valence-corrected chi connectivity index (χ4v) is 1.21. The molecule has 78 valence electrons. The fraction of sp³-hybridized carbons (Fsp3) is 0.250. The number of phenolic OH excluding ortho intramolecular Hbond substituents is 1. The van der Waals surface area contributed by atoms with Crippen LogP contribution < -0.4 is 0 Å². The van der Waals surface area contributed by atoms with Crippen molar-refractivity contribution >= 4 is 17.4 Å². The van der Waals surface area contributed by atoms with Crippen molar-refractivity contribution in [3.05, 3.63) is 29.3 Å². The maximum Gasteiger partial charge on any atom is 0.163 e. The van der Waals surface area contributed by atoms with Gasteiger partial charge in [0.25, 0.3) is 0 Å². The van der Waals surface area contributed by atoms with Crippen LogP contribution in [-0.4, -0.2) is 16.8 Å². The van der Waals surface area contributed by atoms with E-state index in [2.05, 4.69) is 11.8 Å². The molecule has 3 heteroatoms. The second kappa shape index (κ2) is 5.43. The molecule has 15 heavy (non-hydrogen) atoms. The van der Waals surface area contributed by atoms with E-state index in [1.165, 1.54) is 13.0 Å². The van der Waals surface area contributed by atoms with Gasteiger partial charge in [-0.25, -0.2) is 0 Å². The molecule has 1 rings (SSSR count). The number of halogens is 1. The Morgan fingerprint density at radius 1 is 1.53 bits per heavy atom. The van der Waals surface area contributed by atoms with Gasteiger partial charge in [0.1, 0.15) is 5.75 Å². The molecule has 0 amide bonds. The van der Waals surface area contributed by atoms with Crippen LogP contribution in [-0.2, 0) is 0 Å². The molecular formula is C12H11ClO2. The lowest BCUT2D eigenvalue weighted by Crippen LogP contribution is -1.92. The number of alkyl halides is 1. The van der Waals surface area contributed by atoms with Crippen molar-refractivity contribution in [1.29, 1.82) is 0 Å². The summed E-state index contributed by atoms with van der Waals surface area (Å²) in [7, 11) is 0. The van der Waals surface area contributed by atoms with E-state index in [9.17, 15) is 9.90 Å². The van der Waals surface area contributed by atoms with Gasteiger partial charge in [-0.15, -0.1) is 11.6 Å². The SMILES string of the molecule is CC(=O)c1ccc(C#CCCCl)cc1O. The second-order valence-electron chi connectivity index (χ2n) is 3.03. The molecule has 0 spiro atoms. The molecule has 1 aromatic carbocycles. The first kappa shape index (κ1) is 11.6. The zero-order valence-corrected chi connectivity index (χ0v) is 9.14. The number of phenols is 1. The van der Waals surface area contributed by atoms with Crippen LogP contribution in [0.2, 0.25) is 0 Å². The number of carbonyl (C=O) groups is 1. The summed E-state index contributed by atoms with van der Waals surface area (Å²) >= 11 is 5.47. The molecule has 0 saturated heterocycles. The van der Waals surface area contributed by atoms with Gasteiger partial charge in [0.15, 0.2) is 5.78 Å². The summed E-state index contributed by atoms with van der Waals surface area (Å²) in [5.74, 6) is 6.00. The minimum atomic E-state index is -0.159. The maximum absolute atomic E-state index is 11.0. The average Bonchev–Trinajstić information content (AvgIpc) is 2.17. The van der Waals surface area contributed by atoms with Crippen LogP contribution in [0.15, 0.2) is 18.2 Å². The van der Waals surface area contributed by atoms with Crippen molar-refractivity contribution in [3.63, 3.8) is 0 Å². The molecule has 0 aliphatic carbocycles. The van der Waals surface area contributed by atoms with Gasteiger partial charge >= 0.3 is 0 Å². The third-order valence-electron chi connectivity index (χ3n) is 1.83. The van der Waals surface area contributed by atoms with Gasteiger partial charge in [-0.3, -0.25) is 4.79 Å². The molecule has 1 aromatic rings. The third kappa shape index (κ3) is 3.30. The van der Waals surface area contributed by atoms with E-state index in [-0.39, 0.29) is 11.5 Å². The number of hydrogen-bond donors (Lipinski definition) is 1. The predicted molar refractivity (Wildman–Crippen MR) is 60.3 cm³/mol. The zero-order valence-electron chi connectivity index (χ0n) is 8.38. The van der Waals surface area contributed by atoms with Crippen molar-refractivity contribution in [3.8, 4) is 17.6 Å². The lowest BCUT2D eigenvalue weighted by atomic mass is 10.1. The molecule has 0 unspecified atom stereocenters. The molecule has 0 aliphatic heterocycles. The number of ketones is 1. The Morgan fingerprint density at radius 2 is 2.27 bits per heavy atom. The molecule has 0 aromatic heterocycles. The summed E-state index contributed by atoms with van der Waals surface area (Å²) in [6.45, 7) is 1.41. The van der Waals surface area contributed by atoms with Gasteiger partial charge in [-0.1, -0.05) is 11.8 Å². The molecule has 0 bridgehead atoms. The highest BCUT2D eigenvalue weighted by Crippen LogP contribution is 2.18. The average molecular weight is 223 g/mol. The molecular weight excluding hydrogens is 212 g/mol. The molecule has 0 aliphatic rings. The number of aromatic hydroxyl groups is 1. The third-order valence-corrected chi connectivity index (χ3v) is 2.02. The highest BCUT2D eigenvalue weighted by atomic mass is 35.5. The fourth-order valence-electron chi connectivity index (χ4n) is 1.12. The lowest BCUT2D eigenvalue weighted by molar-refractivity contribution is 0.101. The molecule has 0 atom stereocenters. The van der Waals surface area contributed by atoms with Crippen LogP contribution in [0.4, 0.5) is 0 Å². The number of benzene rings is 1. The van der Waals surface area contributed by atoms with Gasteiger partial charge < -0.3 is 5.11 Å². The van der Waals surface area contributed by atoms with E-state index in [0.717, 1.165) is 0 Å². The molecule has 0 radical (unpaired) electrons. The van der Waals surface area contributed by atoms with Crippen molar-refractivity contribution < 1.29 is 9.90 Å². The summed E-state index contributed by atoms with van der Waals surface area (Å²) in [6, 6.07) is 4.76. The monoisotopic (exact) mass is 222 g/mol. The summed E-state index contributed by atoms with van der Waals surface area (Å²) in [5.41, 5.74) is 1.00. The number of rotatable bonds is 2. The van der Waals surface area contributed by atoms with Crippen molar-refractivity contribution in [2.45, 2.75) is 13.3 Å². The second-order valence-corrected chi connectivity index (χ2v) is 3.41. The summed E-state index contributed by atoms with van der Waals surface area (Å²) in [6.07, 6.45) is 0.608. The topological polar surface area (TPSA) is 37.3 Å². The molecule has 0 fully saturated rings. The summed E-state index contributed by atoms with van der Waals surface area (Å²) in [4.78, 5) is 11.0. The van der Waals surface area contributed by atoms with Gasteiger partial charge in [0, 0.05) is 17.9 Å². The Hall–Kier alpha value is -1.46. The van der Waals surface area contributed by atoms with Gasteiger partial charge in [-0.2, -0.15) is 0 Å². The summed E-state index contributed by atoms with van der Waals surface area (Å²) in [5, 5.41) is 9.50. The highest BCUT2D eigenvalue weighted by molar-refractivity contribution is 6.18. The smallest absolute Gasteiger partial charge is 0.163 e. The van der Waals surface area contributed by atoms with Crippen LogP contribution in [0, 0.1) is 11.8 Å². The van der Waals surface area contributed by atoms with Crippen molar-refractivity contribution in [2.24, 2.45) is 0 Å². The Kier molecular flexibility index (Phi) is 4.20. The van der Waals surface area contributed by atoms with Crippen LogP contribution in [0.3, 0.4) is 0 Å². The molecule has 1 N–H and O–H groups in total. The van der Waals surface area contributed by atoms with E-state index in [0.29, 0.717) is 23.4 Å². The minimum absolute atomic E-state index is 0.0276. The standard InChI is InChI=1S/C12H11ClO2/c1-9(14)11-6-5-10(8-12(11)15)4-2-3-7-13/h5-6,8,15H,3,7H2,1H3. The quantitative estimate of drug-likeness (QED) is 0.475.